The van der Waals surface area contributed by atoms with Crippen LogP contribution < -0.4 is 36.9 Å². The summed E-state index contributed by atoms with van der Waals surface area (Å²) in [6, 6.07) is 5.30. The van der Waals surface area contributed by atoms with Gasteiger partial charge in [-0.3, -0.25) is 43.3 Å². The molecule has 23 nitrogen and oxygen atoms in total. The minimum atomic E-state index is -2.08. The first-order chi connectivity index (χ1) is 36.0. The maximum atomic E-state index is 16.3. The van der Waals surface area contributed by atoms with E-state index in [1.165, 1.54) is 61.9 Å². The van der Waals surface area contributed by atoms with Crippen molar-refractivity contribution in [3.8, 4) is 17.1 Å². The van der Waals surface area contributed by atoms with Crippen LogP contribution in [-0.2, 0) is 79.7 Å². The van der Waals surface area contributed by atoms with Gasteiger partial charge in [0.1, 0.15) is 42.9 Å². The van der Waals surface area contributed by atoms with Gasteiger partial charge < -0.3 is 55.6 Å². The van der Waals surface area contributed by atoms with E-state index in [1.54, 1.807) is 20.8 Å². The van der Waals surface area contributed by atoms with Gasteiger partial charge in [0.25, 0.3) is 17.4 Å². The van der Waals surface area contributed by atoms with Gasteiger partial charge in [-0.25, -0.2) is 19.0 Å². The maximum Gasteiger partial charge on any atom is 0.407 e. The summed E-state index contributed by atoms with van der Waals surface area (Å²) in [5.74, 6) is -6.79. The third-order valence-corrected chi connectivity index (χ3v) is 13.3. The predicted molar refractivity (Wildman–Crippen MR) is 266 cm³/mol. The van der Waals surface area contributed by atoms with Crippen LogP contribution in [0.25, 0.3) is 22.3 Å². The molecule has 0 fully saturated rings. The van der Waals surface area contributed by atoms with Crippen molar-refractivity contribution in [3.63, 3.8) is 0 Å². The number of carboxylic acid groups (broad SMARTS) is 1. The minimum Gasteiger partial charge on any atom is -0.496 e. The number of esters is 1. The van der Waals surface area contributed by atoms with E-state index in [0.29, 0.717) is 11.1 Å². The Morgan fingerprint density at radius 2 is 1.61 bits per heavy atom. The highest BCUT2D eigenvalue weighted by atomic mass is 19.1. The second-order valence-electron chi connectivity index (χ2n) is 18.9. The number of benzene rings is 2. The van der Waals surface area contributed by atoms with E-state index in [0.717, 1.165) is 17.1 Å². The van der Waals surface area contributed by atoms with Gasteiger partial charge in [-0.2, -0.15) is 0 Å². The minimum absolute atomic E-state index is 0.0631. The number of nitrogens with one attached hydrogen (secondary N) is 5. The number of imide groups is 1. The van der Waals surface area contributed by atoms with Crippen LogP contribution in [0.3, 0.4) is 0 Å². The number of cyclic esters (lactones) is 1. The number of fused-ring (bicyclic) bond motifs is 5. The molecule has 2 aromatic carbocycles. The van der Waals surface area contributed by atoms with Gasteiger partial charge in [0.2, 0.25) is 23.6 Å². The number of nitrogens with zero attached hydrogens (tertiary/aromatic N) is 3. The van der Waals surface area contributed by atoms with Crippen molar-refractivity contribution in [1.82, 2.24) is 35.7 Å². The highest BCUT2D eigenvalue weighted by molar-refractivity contribution is 6.13. The summed E-state index contributed by atoms with van der Waals surface area (Å²) in [7, 11) is 1.37. The van der Waals surface area contributed by atoms with Gasteiger partial charge in [-0.15, -0.1) is 0 Å². The number of carboxylic acids is 1. The van der Waals surface area contributed by atoms with Crippen molar-refractivity contribution in [2.75, 3.05) is 19.0 Å². The molecule has 5 heterocycles. The molecule has 0 unspecified atom stereocenters. The standard InChI is InChI=1S/C52H57FN8O15/c1-7-52(73)33-19-37-45-31(22-61(37)49(70)32(33)24-75-50(52)71)30(43-35(58-45)20-38(74-6)26(4)44(43)53)21-54-51(72)76-23-28-8-10-29(11-9-28)56-47(68)34(12-15-42(65)66)59-46(67)27(5)55-48(69)36(18-25(2)3)57-39(62)16-17-60-40(63)13-14-41(60)64/h8-11,13-14,19-20,25,27,34,36,73H,7,12,15-18,21-24H2,1-6H3,(H,54,72)(H,55,69)(H,56,68)(H,57,62)(H,59,67)(H,65,66)/t27-,34-,36+,52-/m0/s1. The number of pyridine rings is 2. The van der Waals surface area contributed by atoms with E-state index >= 15 is 4.39 Å². The topological polar surface area (TPSA) is 320 Å². The van der Waals surface area contributed by atoms with E-state index in [1.807, 2.05) is 0 Å². The molecular formula is C52H57FN8O15. The number of aliphatic hydroxyl groups is 1. The SMILES string of the molecule is CC[C@@]1(O)C(=O)OCc2c1cc1n(c2=O)Cc2c-1nc1cc(OC)c(C)c(F)c1c2CNC(=O)OCc1ccc(NC(=O)[C@H](CCC(=O)O)NC(=O)[C@H](C)NC(=O)[C@@H](CC(C)C)NC(=O)CCN2C(=O)C=CC2=O)cc1. The molecule has 0 saturated heterocycles. The zero-order valence-electron chi connectivity index (χ0n) is 42.4. The zero-order chi connectivity index (χ0) is 55.3. The zero-order valence-corrected chi connectivity index (χ0v) is 42.4. The molecule has 0 spiro atoms. The molecule has 0 bridgehead atoms. The fourth-order valence-corrected chi connectivity index (χ4v) is 9.09. The largest absolute Gasteiger partial charge is 0.496 e. The van der Waals surface area contributed by atoms with Crippen molar-refractivity contribution in [1.29, 1.82) is 0 Å². The Morgan fingerprint density at radius 1 is 0.908 bits per heavy atom. The lowest BCUT2D eigenvalue weighted by molar-refractivity contribution is -0.172. The van der Waals surface area contributed by atoms with Gasteiger partial charge in [-0.1, -0.05) is 32.9 Å². The summed E-state index contributed by atoms with van der Waals surface area (Å²) in [6.07, 6.45) is 0.245. The monoisotopic (exact) mass is 1050 g/mol. The fourth-order valence-electron chi connectivity index (χ4n) is 9.09. The summed E-state index contributed by atoms with van der Waals surface area (Å²) < 4.78 is 33.8. The molecule has 0 aliphatic carbocycles. The van der Waals surface area contributed by atoms with Crippen LogP contribution in [0.4, 0.5) is 14.9 Å². The van der Waals surface area contributed by atoms with Crippen LogP contribution in [0.5, 0.6) is 5.75 Å². The second kappa shape index (κ2) is 22.9. The van der Waals surface area contributed by atoms with E-state index < -0.39 is 95.0 Å². The summed E-state index contributed by atoms with van der Waals surface area (Å²) in [6.45, 7) is 6.85. The molecule has 7 rings (SSSR count). The first-order valence-corrected chi connectivity index (χ1v) is 24.4. The number of rotatable bonds is 21. The van der Waals surface area contributed by atoms with Crippen molar-refractivity contribution >= 4 is 70.1 Å². The Labute approximate surface area is 433 Å². The molecule has 3 aliphatic heterocycles. The van der Waals surface area contributed by atoms with E-state index in [2.05, 4.69) is 26.6 Å². The number of amides is 7. The second-order valence-corrected chi connectivity index (χ2v) is 18.9. The number of ether oxygens (including phenoxy) is 3. The molecule has 4 aromatic rings. The van der Waals surface area contributed by atoms with Crippen molar-refractivity contribution in [2.45, 2.75) is 117 Å². The number of carbonyl (C=O) groups is 9. The number of hydrogen-bond acceptors (Lipinski definition) is 15. The van der Waals surface area contributed by atoms with Crippen LogP contribution in [0.2, 0.25) is 0 Å². The third-order valence-electron chi connectivity index (χ3n) is 13.3. The van der Waals surface area contributed by atoms with Crippen LogP contribution in [0.1, 0.15) is 93.2 Å². The van der Waals surface area contributed by atoms with Gasteiger partial charge in [0.15, 0.2) is 5.60 Å². The number of aromatic nitrogens is 2. The molecule has 3 aliphatic rings. The number of hydrogen-bond donors (Lipinski definition) is 7. The molecule has 0 radical (unpaired) electrons. The lowest BCUT2D eigenvalue weighted by Gasteiger charge is -2.31. The first-order valence-electron chi connectivity index (χ1n) is 24.4. The highest BCUT2D eigenvalue weighted by Crippen LogP contribution is 2.42. The molecule has 7 N–H and O–H groups in total. The summed E-state index contributed by atoms with van der Waals surface area (Å²) >= 11 is 0. The smallest absolute Gasteiger partial charge is 0.407 e. The van der Waals surface area contributed by atoms with Crippen LogP contribution in [0, 0.1) is 18.7 Å². The number of aliphatic carboxylic acids is 1. The van der Waals surface area contributed by atoms with Crippen LogP contribution >= 0.6 is 0 Å². The number of halogens is 1. The van der Waals surface area contributed by atoms with E-state index in [4.69, 9.17) is 19.2 Å². The molecule has 2 aromatic heterocycles. The van der Waals surface area contributed by atoms with Crippen molar-refractivity contribution in [2.24, 2.45) is 5.92 Å². The number of anilines is 1. The van der Waals surface area contributed by atoms with Crippen molar-refractivity contribution < 1.29 is 72.0 Å². The summed E-state index contributed by atoms with van der Waals surface area (Å²) in [5, 5.41) is 33.6. The van der Waals surface area contributed by atoms with Gasteiger partial charge in [0.05, 0.1) is 36.1 Å². The molecule has 402 valence electrons. The Balaban J connectivity index is 0.976. The van der Waals surface area contributed by atoms with Gasteiger partial charge in [0, 0.05) is 71.9 Å². The van der Waals surface area contributed by atoms with E-state index in [-0.39, 0.29) is 120 Å². The Hall–Kier alpha value is -8.54. The Bertz CT molecular complexity index is 3140. The molecule has 24 heteroatoms. The number of methoxy groups -OCH3 is 1. The average molecular weight is 1050 g/mol. The molecule has 76 heavy (non-hydrogen) atoms. The van der Waals surface area contributed by atoms with Crippen LogP contribution in [0.15, 0.2) is 53.3 Å². The number of alkyl carbamates (subject to hydrolysis) is 1. The third kappa shape index (κ3) is 11.7. The molecule has 4 atom stereocenters. The predicted octanol–water partition coefficient (Wildman–Crippen LogP) is 2.60. The molecule has 7 amide bonds. The van der Waals surface area contributed by atoms with Gasteiger partial charge in [-0.05, 0) is 68.4 Å². The fraction of sp³-hybridized carbons (Fsp3) is 0.404. The molecule has 0 saturated carbocycles. The maximum absolute atomic E-state index is 16.3. The van der Waals surface area contributed by atoms with Gasteiger partial charge >= 0.3 is 18.0 Å². The number of carbonyl (C=O) groups excluding carboxylic acids is 8. The average Bonchev–Trinajstić information content (AvgIpc) is 3.99. The first kappa shape index (κ1) is 55.2. The normalized spacial score (nSPS) is 16.5. The van der Waals surface area contributed by atoms with E-state index in [9.17, 15) is 58.2 Å². The highest BCUT2D eigenvalue weighted by Gasteiger charge is 2.46. The van der Waals surface area contributed by atoms with Crippen molar-refractivity contribution in [3.05, 3.63) is 98.1 Å². The lowest BCUT2D eigenvalue weighted by Crippen LogP contribution is -2.55. The summed E-state index contributed by atoms with van der Waals surface area (Å²) in [5.41, 5.74) is -0.201. The molecular weight excluding hydrogens is 996 g/mol. The van der Waals surface area contributed by atoms with Crippen LogP contribution in [-0.4, -0.2) is 110 Å². The summed E-state index contributed by atoms with van der Waals surface area (Å²) in [4.78, 5) is 134. The Morgan fingerprint density at radius 3 is 2.25 bits per heavy atom. The Kier molecular flexibility index (Phi) is 16.7. The lowest BCUT2D eigenvalue weighted by atomic mass is 9.86. The quantitative estimate of drug-likeness (QED) is 0.0410.